The summed E-state index contributed by atoms with van der Waals surface area (Å²) >= 11 is 0. The van der Waals surface area contributed by atoms with Crippen LogP contribution < -0.4 is 11.1 Å². The van der Waals surface area contributed by atoms with Crippen LogP contribution in [-0.4, -0.2) is 55.8 Å². The molecular formula is C29H27F4N7O3. The molecule has 10 nitrogen and oxygen atoms in total. The normalized spacial score (nSPS) is 18.3. The topological polar surface area (TPSA) is 128 Å². The molecule has 1 saturated heterocycles. The predicted molar refractivity (Wildman–Crippen MR) is 147 cm³/mol. The van der Waals surface area contributed by atoms with Crippen molar-refractivity contribution in [1.29, 1.82) is 0 Å². The van der Waals surface area contributed by atoms with Crippen LogP contribution in [0.15, 0.2) is 48.9 Å². The van der Waals surface area contributed by atoms with Gasteiger partial charge in [-0.2, -0.15) is 13.2 Å². The summed E-state index contributed by atoms with van der Waals surface area (Å²) in [5.41, 5.74) is 5.19. The van der Waals surface area contributed by atoms with Crippen molar-refractivity contribution in [2.24, 2.45) is 5.41 Å². The number of halogens is 4. The Morgan fingerprint density at radius 1 is 1.14 bits per heavy atom. The van der Waals surface area contributed by atoms with Gasteiger partial charge in [-0.25, -0.2) is 19.3 Å². The summed E-state index contributed by atoms with van der Waals surface area (Å²) in [5, 5.41) is 2.26. The number of imidazole rings is 1. The number of carbonyl (C=O) groups is 2. The predicted octanol–water partition coefficient (Wildman–Crippen LogP) is 4.87. The minimum Gasteiger partial charge on any atom is -0.382 e. The van der Waals surface area contributed by atoms with Gasteiger partial charge < -0.3 is 20.7 Å². The van der Waals surface area contributed by atoms with Crippen molar-refractivity contribution in [2.45, 2.75) is 38.5 Å². The van der Waals surface area contributed by atoms with Crippen LogP contribution in [0.3, 0.4) is 0 Å². The fourth-order valence-corrected chi connectivity index (χ4v) is 5.51. The minimum absolute atomic E-state index is 0.0166. The van der Waals surface area contributed by atoms with Crippen LogP contribution in [0, 0.1) is 11.2 Å². The van der Waals surface area contributed by atoms with Gasteiger partial charge in [-0.15, -0.1) is 0 Å². The minimum atomic E-state index is -4.62. The Morgan fingerprint density at radius 2 is 1.93 bits per heavy atom. The highest BCUT2D eigenvalue weighted by atomic mass is 19.4. The van der Waals surface area contributed by atoms with Crippen LogP contribution in [0.1, 0.15) is 54.0 Å². The fraction of sp³-hybridized carbons (Fsp3) is 0.345. The van der Waals surface area contributed by atoms with Crippen molar-refractivity contribution in [3.8, 4) is 11.3 Å². The molecule has 0 spiro atoms. The second-order valence-electron chi connectivity index (χ2n) is 11.0. The zero-order valence-corrected chi connectivity index (χ0v) is 23.0. The molecule has 2 fully saturated rings. The molecule has 224 valence electrons. The summed E-state index contributed by atoms with van der Waals surface area (Å²) < 4.78 is 62.3. The molecule has 0 bridgehead atoms. The van der Waals surface area contributed by atoms with Crippen LogP contribution >= 0.6 is 0 Å². The number of nitrogens with two attached hydrogens (primary N) is 1. The lowest BCUT2D eigenvalue weighted by Crippen LogP contribution is -2.51. The van der Waals surface area contributed by atoms with E-state index in [9.17, 15) is 22.8 Å². The third-order valence-electron chi connectivity index (χ3n) is 8.04. The van der Waals surface area contributed by atoms with E-state index in [0.29, 0.717) is 30.6 Å². The van der Waals surface area contributed by atoms with Crippen molar-refractivity contribution in [3.05, 3.63) is 71.7 Å². The van der Waals surface area contributed by atoms with Crippen molar-refractivity contribution in [1.82, 2.24) is 24.3 Å². The molecule has 4 heterocycles. The number of nitrogen functional groups attached to an aromatic ring is 1. The molecule has 14 heteroatoms. The van der Waals surface area contributed by atoms with Gasteiger partial charge in [-0.05, 0) is 43.2 Å². The largest absolute Gasteiger partial charge is 0.416 e. The summed E-state index contributed by atoms with van der Waals surface area (Å²) in [4.78, 5) is 40.3. The standard InChI is InChI=1S/C29H27F4N7O3/c1-28(6-2-7-28)27(42)39-11-12-43-20(15-39)25-38-22(23-24(34)36-9-10-40(23)25)18-4-3-16(13-19(18)30)26(41)37-21-14-17(5-8-35-21)29(31,32)33/h3-5,8-10,13-14,20H,2,6-7,11-12,15H2,1H3,(H2,34,36)(H,35,37,41)/t20-/m1/s1. The molecule has 2 aliphatic rings. The summed E-state index contributed by atoms with van der Waals surface area (Å²) in [7, 11) is 0. The number of anilines is 2. The maximum atomic E-state index is 15.6. The first-order valence-electron chi connectivity index (χ1n) is 13.6. The second kappa shape index (κ2) is 10.6. The number of alkyl halides is 3. The molecule has 1 aliphatic heterocycles. The van der Waals surface area contributed by atoms with E-state index in [4.69, 9.17) is 15.5 Å². The van der Waals surface area contributed by atoms with E-state index in [2.05, 4.69) is 15.3 Å². The van der Waals surface area contributed by atoms with Crippen molar-refractivity contribution in [3.63, 3.8) is 0 Å². The first-order valence-corrected chi connectivity index (χ1v) is 13.6. The van der Waals surface area contributed by atoms with Crippen molar-refractivity contribution in [2.75, 3.05) is 30.7 Å². The highest BCUT2D eigenvalue weighted by molar-refractivity contribution is 6.04. The molecule has 1 saturated carbocycles. The molecule has 3 aromatic heterocycles. The zero-order chi connectivity index (χ0) is 30.5. The lowest BCUT2D eigenvalue weighted by molar-refractivity contribution is -0.154. The number of hydrogen-bond acceptors (Lipinski definition) is 7. The number of rotatable bonds is 5. The third-order valence-corrected chi connectivity index (χ3v) is 8.04. The average molecular weight is 598 g/mol. The molecule has 43 heavy (non-hydrogen) atoms. The van der Waals surface area contributed by atoms with E-state index in [0.717, 1.165) is 37.6 Å². The number of morpholine rings is 1. The number of nitrogens with zero attached hydrogens (tertiary/aromatic N) is 5. The molecule has 0 unspecified atom stereocenters. The van der Waals surface area contributed by atoms with Gasteiger partial charge in [-0.3, -0.25) is 14.0 Å². The number of pyridine rings is 1. The highest BCUT2D eigenvalue weighted by Crippen LogP contribution is 2.43. The number of ether oxygens (including phenoxy) is 1. The van der Waals surface area contributed by atoms with Crippen molar-refractivity contribution < 1.29 is 31.9 Å². The first-order chi connectivity index (χ1) is 20.4. The van der Waals surface area contributed by atoms with E-state index >= 15 is 4.39 Å². The second-order valence-corrected chi connectivity index (χ2v) is 11.0. The molecule has 1 aromatic carbocycles. The summed E-state index contributed by atoms with van der Waals surface area (Å²) in [6.45, 7) is 3.00. The molecule has 1 aliphatic carbocycles. The molecule has 2 amide bonds. The van der Waals surface area contributed by atoms with Gasteiger partial charge in [0.05, 0.1) is 18.7 Å². The van der Waals surface area contributed by atoms with Crippen LogP contribution in [0.4, 0.5) is 29.2 Å². The summed E-state index contributed by atoms with van der Waals surface area (Å²) in [5.74, 6) is -1.44. The van der Waals surface area contributed by atoms with Crippen molar-refractivity contribution >= 4 is 29.0 Å². The van der Waals surface area contributed by atoms with E-state index in [1.807, 2.05) is 6.92 Å². The van der Waals surface area contributed by atoms with E-state index in [1.165, 1.54) is 18.3 Å². The van der Waals surface area contributed by atoms with Crippen LogP contribution in [-0.2, 0) is 15.7 Å². The van der Waals surface area contributed by atoms with Gasteiger partial charge in [-0.1, -0.05) is 13.3 Å². The Morgan fingerprint density at radius 3 is 2.63 bits per heavy atom. The molecule has 4 aromatic rings. The van der Waals surface area contributed by atoms with Crippen LogP contribution in [0.25, 0.3) is 16.8 Å². The van der Waals surface area contributed by atoms with E-state index < -0.39 is 29.6 Å². The average Bonchev–Trinajstić information content (AvgIpc) is 3.36. The first kappa shape index (κ1) is 28.5. The number of benzene rings is 1. The highest BCUT2D eigenvalue weighted by Gasteiger charge is 2.43. The lowest BCUT2D eigenvalue weighted by atomic mass is 9.69. The Kier molecular flexibility index (Phi) is 7.03. The smallest absolute Gasteiger partial charge is 0.382 e. The summed E-state index contributed by atoms with van der Waals surface area (Å²) in [6.07, 6.45) is 1.49. The van der Waals surface area contributed by atoms with E-state index in [-0.39, 0.29) is 46.3 Å². The Labute approximate surface area is 242 Å². The number of nitrogens with one attached hydrogen (secondary N) is 1. The lowest BCUT2D eigenvalue weighted by Gasteiger charge is -2.43. The number of amides is 2. The van der Waals surface area contributed by atoms with Gasteiger partial charge in [0.2, 0.25) is 5.91 Å². The third kappa shape index (κ3) is 5.26. The SMILES string of the molecule is CC1(C(=O)N2CCO[C@@H](c3nc(-c4ccc(C(=O)Nc5cc(C(F)(F)F)ccn5)cc4F)c4c(N)nccn34)C2)CCC1. The molecule has 0 radical (unpaired) electrons. The van der Waals surface area contributed by atoms with E-state index in [1.54, 1.807) is 15.5 Å². The van der Waals surface area contributed by atoms with Gasteiger partial charge in [0.1, 0.15) is 40.6 Å². The number of carbonyl (C=O) groups excluding carboxylic acids is 2. The Bertz CT molecular complexity index is 1740. The van der Waals surface area contributed by atoms with Gasteiger partial charge >= 0.3 is 6.18 Å². The van der Waals surface area contributed by atoms with Crippen LogP contribution in [0.2, 0.25) is 0 Å². The van der Waals surface area contributed by atoms with Gasteiger partial charge in [0.15, 0.2) is 0 Å². The number of hydrogen-bond donors (Lipinski definition) is 2. The molecule has 3 N–H and O–H groups in total. The maximum absolute atomic E-state index is 15.6. The van der Waals surface area contributed by atoms with Crippen LogP contribution in [0.5, 0.6) is 0 Å². The molecule has 6 rings (SSSR count). The maximum Gasteiger partial charge on any atom is 0.416 e. The Hall–Kier alpha value is -4.59. The Balaban J connectivity index is 1.29. The number of fused-ring (bicyclic) bond motifs is 1. The van der Waals surface area contributed by atoms with Gasteiger partial charge in [0.25, 0.3) is 5.91 Å². The fourth-order valence-electron chi connectivity index (χ4n) is 5.51. The molecule has 1 atom stereocenters. The quantitative estimate of drug-likeness (QED) is 0.314. The number of aromatic nitrogens is 4. The van der Waals surface area contributed by atoms with Gasteiger partial charge in [0, 0.05) is 41.7 Å². The monoisotopic (exact) mass is 597 g/mol. The molecular weight excluding hydrogens is 570 g/mol. The zero-order valence-electron chi connectivity index (χ0n) is 23.0. The summed E-state index contributed by atoms with van der Waals surface area (Å²) in [6, 6.07) is 5.06.